The second-order valence-corrected chi connectivity index (χ2v) is 9.07. The summed E-state index contributed by atoms with van der Waals surface area (Å²) in [6.07, 6.45) is 3.83. The van der Waals surface area contributed by atoms with Crippen LogP contribution in [0.2, 0.25) is 0 Å². The fourth-order valence-electron chi connectivity index (χ4n) is 4.13. The molecule has 174 valence electrons. The standard InChI is InChI=1S/C25H34N2O4S/c1-4-7-19(28)16-26(12-5-2)17-25(29)27-13-10-24-22(11-14-32-24)23(27)18-31-21-9-6-8-20(15-21)30-3/h5-6,8-9,11,14-15,19,23,28H,2,4,7,10,12-13,16-18H2,1,3H3. The Balaban J connectivity index is 1.72. The van der Waals surface area contributed by atoms with Crippen LogP contribution in [0.4, 0.5) is 0 Å². The highest BCUT2D eigenvalue weighted by atomic mass is 32.1. The number of hydrogen-bond acceptors (Lipinski definition) is 6. The van der Waals surface area contributed by atoms with Crippen LogP contribution in [0, 0.1) is 0 Å². The molecule has 2 aromatic rings. The average Bonchev–Trinajstić information content (AvgIpc) is 3.27. The van der Waals surface area contributed by atoms with Crippen molar-refractivity contribution in [2.45, 2.75) is 38.3 Å². The fourth-order valence-corrected chi connectivity index (χ4v) is 5.06. The SMILES string of the molecule is C=CCN(CC(=O)N1CCc2sccc2C1COc1cccc(OC)c1)CC(O)CCC. The maximum absolute atomic E-state index is 13.4. The summed E-state index contributed by atoms with van der Waals surface area (Å²) in [4.78, 5) is 18.6. The molecule has 2 heterocycles. The zero-order valence-electron chi connectivity index (χ0n) is 19.0. The van der Waals surface area contributed by atoms with E-state index in [-0.39, 0.29) is 18.5 Å². The second-order valence-electron chi connectivity index (χ2n) is 8.07. The highest BCUT2D eigenvalue weighted by Crippen LogP contribution is 2.34. The van der Waals surface area contributed by atoms with Crippen molar-refractivity contribution in [2.24, 2.45) is 0 Å². The fraction of sp³-hybridized carbons (Fsp3) is 0.480. The Kier molecular flexibility index (Phi) is 9.14. The molecule has 0 fully saturated rings. The predicted octanol–water partition coefficient (Wildman–Crippen LogP) is 3.91. The minimum atomic E-state index is -0.440. The molecule has 0 aliphatic carbocycles. The molecular weight excluding hydrogens is 424 g/mol. The molecule has 0 radical (unpaired) electrons. The summed E-state index contributed by atoms with van der Waals surface area (Å²) in [5.74, 6) is 1.50. The minimum absolute atomic E-state index is 0.0478. The number of benzene rings is 1. The van der Waals surface area contributed by atoms with E-state index in [9.17, 15) is 9.90 Å². The van der Waals surface area contributed by atoms with Gasteiger partial charge in [-0.15, -0.1) is 17.9 Å². The molecule has 0 saturated heterocycles. The van der Waals surface area contributed by atoms with Gasteiger partial charge in [0, 0.05) is 30.6 Å². The number of hydrogen-bond donors (Lipinski definition) is 1. The Morgan fingerprint density at radius 1 is 1.41 bits per heavy atom. The van der Waals surface area contributed by atoms with Crippen LogP contribution >= 0.6 is 11.3 Å². The zero-order chi connectivity index (χ0) is 22.9. The lowest BCUT2D eigenvalue weighted by Gasteiger charge is -2.37. The highest BCUT2D eigenvalue weighted by molar-refractivity contribution is 7.10. The molecule has 32 heavy (non-hydrogen) atoms. The minimum Gasteiger partial charge on any atom is -0.497 e. The molecule has 3 rings (SSSR count). The number of aliphatic hydroxyl groups excluding tert-OH is 1. The Hall–Kier alpha value is -2.35. The van der Waals surface area contributed by atoms with Crippen molar-refractivity contribution in [2.75, 3.05) is 39.9 Å². The van der Waals surface area contributed by atoms with Crippen LogP contribution in [-0.4, -0.2) is 66.8 Å². The average molecular weight is 459 g/mol. The van der Waals surface area contributed by atoms with E-state index < -0.39 is 6.10 Å². The number of nitrogens with zero attached hydrogens (tertiary/aromatic N) is 2. The van der Waals surface area contributed by atoms with Crippen LogP contribution in [0.5, 0.6) is 11.5 Å². The number of carbonyl (C=O) groups excluding carboxylic acids is 1. The van der Waals surface area contributed by atoms with Gasteiger partial charge in [0.1, 0.15) is 18.1 Å². The summed E-state index contributed by atoms with van der Waals surface area (Å²) in [5.41, 5.74) is 1.17. The summed E-state index contributed by atoms with van der Waals surface area (Å²) in [6.45, 7) is 8.18. The van der Waals surface area contributed by atoms with Gasteiger partial charge in [-0.25, -0.2) is 0 Å². The molecule has 1 amide bonds. The molecule has 0 spiro atoms. The third kappa shape index (κ3) is 6.34. The van der Waals surface area contributed by atoms with Gasteiger partial charge in [0.15, 0.2) is 0 Å². The molecule has 6 nitrogen and oxygen atoms in total. The van der Waals surface area contributed by atoms with Crippen molar-refractivity contribution in [1.29, 1.82) is 0 Å². The van der Waals surface area contributed by atoms with Gasteiger partial charge < -0.3 is 19.5 Å². The van der Waals surface area contributed by atoms with Gasteiger partial charge in [0.2, 0.25) is 5.91 Å². The van der Waals surface area contributed by atoms with Crippen LogP contribution in [0.1, 0.15) is 36.2 Å². The molecule has 7 heteroatoms. The molecule has 2 unspecified atom stereocenters. The van der Waals surface area contributed by atoms with Gasteiger partial charge >= 0.3 is 0 Å². The number of ether oxygens (including phenoxy) is 2. The molecule has 1 N–H and O–H groups in total. The van der Waals surface area contributed by atoms with E-state index in [1.165, 1.54) is 10.4 Å². The third-order valence-electron chi connectivity index (χ3n) is 5.70. The quantitative estimate of drug-likeness (QED) is 0.489. The molecule has 2 atom stereocenters. The molecule has 1 aromatic heterocycles. The summed E-state index contributed by atoms with van der Waals surface area (Å²) in [7, 11) is 1.63. The molecule has 1 aliphatic rings. The first-order valence-corrected chi connectivity index (χ1v) is 12.1. The van der Waals surface area contributed by atoms with Crippen molar-refractivity contribution in [1.82, 2.24) is 9.80 Å². The second kappa shape index (κ2) is 12.0. The van der Waals surface area contributed by atoms with E-state index in [4.69, 9.17) is 9.47 Å². The first-order chi connectivity index (χ1) is 15.5. The van der Waals surface area contributed by atoms with E-state index in [0.717, 1.165) is 30.8 Å². The van der Waals surface area contributed by atoms with E-state index in [1.807, 2.05) is 41.0 Å². The maximum atomic E-state index is 13.4. The van der Waals surface area contributed by atoms with Crippen LogP contribution in [0.25, 0.3) is 0 Å². The Morgan fingerprint density at radius 2 is 2.22 bits per heavy atom. The van der Waals surface area contributed by atoms with E-state index >= 15 is 0 Å². The highest BCUT2D eigenvalue weighted by Gasteiger charge is 2.33. The Morgan fingerprint density at radius 3 is 2.97 bits per heavy atom. The van der Waals surface area contributed by atoms with Gasteiger partial charge in [-0.2, -0.15) is 0 Å². The van der Waals surface area contributed by atoms with Crippen LogP contribution in [0.15, 0.2) is 48.4 Å². The summed E-state index contributed by atoms with van der Waals surface area (Å²) < 4.78 is 11.4. The van der Waals surface area contributed by atoms with E-state index in [0.29, 0.717) is 26.2 Å². The maximum Gasteiger partial charge on any atom is 0.237 e. The smallest absolute Gasteiger partial charge is 0.237 e. The van der Waals surface area contributed by atoms with Crippen molar-refractivity contribution in [3.05, 3.63) is 58.8 Å². The lowest BCUT2D eigenvalue weighted by molar-refractivity contribution is -0.136. The molecule has 0 saturated carbocycles. The van der Waals surface area contributed by atoms with Crippen LogP contribution in [0.3, 0.4) is 0 Å². The van der Waals surface area contributed by atoms with Crippen LogP contribution < -0.4 is 9.47 Å². The van der Waals surface area contributed by atoms with E-state index in [1.54, 1.807) is 24.5 Å². The zero-order valence-corrected chi connectivity index (χ0v) is 19.9. The number of methoxy groups -OCH3 is 1. The third-order valence-corrected chi connectivity index (χ3v) is 6.70. The first-order valence-electron chi connectivity index (χ1n) is 11.2. The molecular formula is C25H34N2O4S. The Bertz CT molecular complexity index is 884. The molecule has 1 aliphatic heterocycles. The molecule has 0 bridgehead atoms. The van der Waals surface area contributed by atoms with Gasteiger partial charge in [-0.3, -0.25) is 9.69 Å². The molecule has 1 aromatic carbocycles. The lowest BCUT2D eigenvalue weighted by Crippen LogP contribution is -2.47. The summed E-state index contributed by atoms with van der Waals surface area (Å²) in [5, 5.41) is 12.3. The van der Waals surface area contributed by atoms with Gasteiger partial charge in [0.25, 0.3) is 0 Å². The summed E-state index contributed by atoms with van der Waals surface area (Å²) >= 11 is 1.74. The van der Waals surface area contributed by atoms with Gasteiger partial charge in [-0.1, -0.05) is 25.5 Å². The van der Waals surface area contributed by atoms with Gasteiger partial charge in [-0.05, 0) is 42.0 Å². The summed E-state index contributed by atoms with van der Waals surface area (Å²) in [6, 6.07) is 9.47. The predicted molar refractivity (Wildman–Crippen MR) is 129 cm³/mol. The topological polar surface area (TPSA) is 62.2 Å². The number of thiophene rings is 1. The number of fused-ring (bicyclic) bond motifs is 1. The van der Waals surface area contributed by atoms with E-state index in [2.05, 4.69) is 18.0 Å². The largest absolute Gasteiger partial charge is 0.497 e. The van der Waals surface area contributed by atoms with Gasteiger partial charge in [0.05, 0.1) is 25.8 Å². The lowest BCUT2D eigenvalue weighted by atomic mass is 10.0. The first kappa shape index (κ1) is 24.3. The Labute approximate surface area is 195 Å². The number of rotatable bonds is 12. The van der Waals surface area contributed by atoms with Crippen LogP contribution in [-0.2, 0) is 11.2 Å². The normalized spacial score (nSPS) is 16.5. The monoisotopic (exact) mass is 458 g/mol. The van der Waals surface area contributed by atoms with Crippen molar-refractivity contribution in [3.8, 4) is 11.5 Å². The van der Waals surface area contributed by atoms with Crippen molar-refractivity contribution < 1.29 is 19.4 Å². The number of aliphatic hydroxyl groups is 1. The van der Waals surface area contributed by atoms with Crippen molar-refractivity contribution in [3.63, 3.8) is 0 Å². The number of amides is 1. The van der Waals surface area contributed by atoms with Crippen molar-refractivity contribution >= 4 is 17.2 Å². The number of carbonyl (C=O) groups is 1.